The van der Waals surface area contributed by atoms with E-state index in [0.717, 1.165) is 6.20 Å². The average Bonchev–Trinajstić information content (AvgIpc) is 2.15. The lowest BCUT2D eigenvalue weighted by molar-refractivity contribution is -0.389. The fourth-order valence-corrected chi connectivity index (χ4v) is 1.10. The van der Waals surface area contributed by atoms with Crippen molar-refractivity contribution in [1.82, 2.24) is 4.98 Å². The van der Waals surface area contributed by atoms with Gasteiger partial charge in [0.25, 0.3) is 0 Å². The predicted octanol–water partition coefficient (Wildman–Crippen LogP) is 1.95. The molecule has 0 spiro atoms. The molecule has 0 aliphatic rings. The molecule has 0 aromatic carbocycles. The molecule has 1 rings (SSSR count). The minimum absolute atomic E-state index is 0.237. The van der Waals surface area contributed by atoms with Crippen LogP contribution in [0.25, 0.3) is 0 Å². The Bertz CT molecular complexity index is 481. The molecular weight excluding hydrogens is 243 g/mol. The fraction of sp³-hybridized carbons (Fsp3) is 0.250. The maximum atomic E-state index is 12.0. The van der Waals surface area contributed by atoms with Crippen LogP contribution in [0.5, 0.6) is 5.75 Å². The zero-order valence-corrected chi connectivity index (χ0v) is 8.06. The van der Waals surface area contributed by atoms with Gasteiger partial charge in [-0.15, -0.1) is 13.2 Å². The number of ether oxygens (including phenoxy) is 1. The molecule has 9 heteroatoms. The van der Waals surface area contributed by atoms with Gasteiger partial charge in [-0.25, -0.2) is 0 Å². The highest BCUT2D eigenvalue weighted by atomic mass is 19.4. The molecule has 6 nitrogen and oxygen atoms in total. The third-order valence-electron chi connectivity index (χ3n) is 1.64. The maximum absolute atomic E-state index is 12.0. The number of nitrogens with zero attached hydrogens (tertiary/aromatic N) is 3. The Hall–Kier alpha value is -2.37. The van der Waals surface area contributed by atoms with E-state index in [1.165, 1.54) is 0 Å². The van der Waals surface area contributed by atoms with Crippen LogP contribution in [0.4, 0.5) is 18.9 Å². The summed E-state index contributed by atoms with van der Waals surface area (Å²) in [5.74, 6) is -1.03. The number of rotatable bonds is 3. The highest BCUT2D eigenvalue weighted by molar-refractivity contribution is 5.51. The molecule has 0 N–H and O–H groups in total. The Morgan fingerprint density at radius 2 is 2.18 bits per heavy atom. The van der Waals surface area contributed by atoms with Crippen molar-refractivity contribution in [2.24, 2.45) is 0 Å². The van der Waals surface area contributed by atoms with Crippen molar-refractivity contribution in [3.05, 3.63) is 28.1 Å². The zero-order chi connectivity index (χ0) is 13.1. The monoisotopic (exact) mass is 247 g/mol. The first-order chi connectivity index (χ1) is 7.85. The number of pyridine rings is 1. The molecule has 0 unspecified atom stereocenters. The first-order valence-electron chi connectivity index (χ1n) is 4.09. The van der Waals surface area contributed by atoms with E-state index in [-0.39, 0.29) is 5.56 Å². The van der Waals surface area contributed by atoms with E-state index < -0.39 is 29.1 Å². The molecule has 0 radical (unpaired) electrons. The van der Waals surface area contributed by atoms with E-state index in [9.17, 15) is 23.3 Å². The van der Waals surface area contributed by atoms with E-state index in [1.807, 2.05) is 0 Å². The Morgan fingerprint density at radius 3 is 2.65 bits per heavy atom. The molecule has 1 aromatic heterocycles. The number of nitriles is 1. The van der Waals surface area contributed by atoms with Crippen molar-refractivity contribution in [3.63, 3.8) is 0 Å². The van der Waals surface area contributed by atoms with Crippen LogP contribution in [0.1, 0.15) is 5.56 Å². The Morgan fingerprint density at radius 1 is 1.53 bits per heavy atom. The lowest BCUT2D eigenvalue weighted by Crippen LogP contribution is -2.18. The summed E-state index contributed by atoms with van der Waals surface area (Å²) in [6.45, 7) is 0. The number of alkyl halides is 3. The van der Waals surface area contributed by atoms with Crippen molar-refractivity contribution in [3.8, 4) is 11.8 Å². The van der Waals surface area contributed by atoms with Gasteiger partial charge < -0.3 is 4.74 Å². The van der Waals surface area contributed by atoms with Crippen LogP contribution in [-0.4, -0.2) is 16.3 Å². The number of halogens is 3. The van der Waals surface area contributed by atoms with E-state index in [1.54, 1.807) is 6.07 Å². The van der Waals surface area contributed by atoms with Gasteiger partial charge in [0.05, 0.1) is 29.2 Å². The number of aromatic nitrogens is 1. The third kappa shape index (κ3) is 3.30. The van der Waals surface area contributed by atoms with Gasteiger partial charge in [0.1, 0.15) is 0 Å². The molecule has 90 valence electrons. The highest BCUT2D eigenvalue weighted by Gasteiger charge is 2.35. The molecule has 1 heterocycles. The number of hydrogen-bond acceptors (Lipinski definition) is 5. The molecule has 0 saturated carbocycles. The molecular formula is C8H4F3N3O3. The van der Waals surface area contributed by atoms with Gasteiger partial charge in [-0.2, -0.15) is 5.26 Å². The first-order valence-corrected chi connectivity index (χ1v) is 4.09. The van der Waals surface area contributed by atoms with Crippen molar-refractivity contribution < 1.29 is 22.8 Å². The second-order valence-corrected chi connectivity index (χ2v) is 2.79. The smallest absolute Gasteiger partial charge is 0.397 e. The molecule has 0 fully saturated rings. The SMILES string of the molecule is N#CCc1cncc(OC(F)(F)F)c1[N+](=O)[O-]. The van der Waals surface area contributed by atoms with E-state index in [4.69, 9.17) is 5.26 Å². The van der Waals surface area contributed by atoms with Crippen LogP contribution >= 0.6 is 0 Å². The van der Waals surface area contributed by atoms with Crippen molar-refractivity contribution in [1.29, 1.82) is 5.26 Å². The molecule has 0 aliphatic heterocycles. The largest absolute Gasteiger partial charge is 0.573 e. The molecule has 17 heavy (non-hydrogen) atoms. The summed E-state index contributed by atoms with van der Waals surface area (Å²) in [6.07, 6.45) is -3.97. The van der Waals surface area contributed by atoms with E-state index >= 15 is 0 Å². The molecule has 0 bridgehead atoms. The van der Waals surface area contributed by atoms with E-state index in [0.29, 0.717) is 6.20 Å². The molecule has 0 amide bonds. The number of hydrogen-bond donors (Lipinski definition) is 0. The third-order valence-corrected chi connectivity index (χ3v) is 1.64. The summed E-state index contributed by atoms with van der Waals surface area (Å²) in [6, 6.07) is 1.59. The van der Waals surface area contributed by atoms with Gasteiger partial charge in [-0.3, -0.25) is 15.1 Å². The summed E-state index contributed by atoms with van der Waals surface area (Å²) < 4.78 is 39.4. The van der Waals surface area contributed by atoms with Crippen LogP contribution in [0, 0.1) is 21.4 Å². The highest BCUT2D eigenvalue weighted by Crippen LogP contribution is 2.33. The van der Waals surface area contributed by atoms with Crippen LogP contribution in [0.3, 0.4) is 0 Å². The molecule has 1 aromatic rings. The minimum Gasteiger partial charge on any atom is -0.397 e. The summed E-state index contributed by atoms with van der Waals surface area (Å²) >= 11 is 0. The average molecular weight is 247 g/mol. The molecule has 0 aliphatic carbocycles. The van der Waals surface area contributed by atoms with E-state index in [2.05, 4.69) is 9.72 Å². The topological polar surface area (TPSA) is 89.0 Å². The summed E-state index contributed by atoms with van der Waals surface area (Å²) in [5.41, 5.74) is -1.14. The second-order valence-electron chi connectivity index (χ2n) is 2.79. The lowest BCUT2D eigenvalue weighted by Gasteiger charge is -2.09. The molecule has 0 atom stereocenters. The van der Waals surface area contributed by atoms with Crippen molar-refractivity contribution >= 4 is 5.69 Å². The summed E-state index contributed by atoms with van der Waals surface area (Å²) in [4.78, 5) is 12.9. The van der Waals surface area contributed by atoms with Crippen LogP contribution < -0.4 is 4.74 Å². The normalized spacial score (nSPS) is 10.7. The van der Waals surface area contributed by atoms with Gasteiger partial charge in [-0.05, 0) is 0 Å². The second kappa shape index (κ2) is 4.65. The minimum atomic E-state index is -5.06. The summed E-state index contributed by atoms with van der Waals surface area (Å²) in [5, 5.41) is 19.0. The molecule has 0 saturated heterocycles. The quantitative estimate of drug-likeness (QED) is 0.601. The van der Waals surface area contributed by atoms with Crippen LogP contribution in [0.15, 0.2) is 12.4 Å². The Balaban J connectivity index is 3.26. The lowest BCUT2D eigenvalue weighted by atomic mass is 10.2. The van der Waals surface area contributed by atoms with Crippen molar-refractivity contribution in [2.45, 2.75) is 12.8 Å². The van der Waals surface area contributed by atoms with Crippen molar-refractivity contribution in [2.75, 3.05) is 0 Å². The van der Waals surface area contributed by atoms with Gasteiger partial charge >= 0.3 is 12.0 Å². The zero-order valence-electron chi connectivity index (χ0n) is 8.06. The fourth-order valence-electron chi connectivity index (χ4n) is 1.10. The Kier molecular flexibility index (Phi) is 3.47. The standard InChI is InChI=1S/C8H4F3N3O3/c9-8(10,11)17-6-4-13-3-5(1-2-12)7(6)14(15)16/h3-4H,1H2. The summed E-state index contributed by atoms with van der Waals surface area (Å²) in [7, 11) is 0. The first kappa shape index (κ1) is 12.7. The Labute approximate surface area is 92.4 Å². The number of nitro groups is 1. The van der Waals surface area contributed by atoms with Gasteiger partial charge in [-0.1, -0.05) is 0 Å². The van der Waals surface area contributed by atoms with Crippen LogP contribution in [-0.2, 0) is 6.42 Å². The van der Waals surface area contributed by atoms with Crippen LogP contribution in [0.2, 0.25) is 0 Å². The maximum Gasteiger partial charge on any atom is 0.573 e. The van der Waals surface area contributed by atoms with Gasteiger partial charge in [0.2, 0.25) is 5.75 Å². The van der Waals surface area contributed by atoms with Gasteiger partial charge in [0.15, 0.2) is 0 Å². The predicted molar refractivity (Wildman–Crippen MR) is 46.9 cm³/mol. The van der Waals surface area contributed by atoms with Gasteiger partial charge in [0, 0.05) is 6.20 Å².